The molecule has 5 nitrogen and oxygen atoms in total. The minimum absolute atomic E-state index is 0.0564. The van der Waals surface area contributed by atoms with Crippen LogP contribution < -0.4 is 10.6 Å². The first-order valence-electron chi connectivity index (χ1n) is 11.5. The molecule has 2 amide bonds. The molecule has 0 unspecified atom stereocenters. The maximum absolute atomic E-state index is 12.9. The van der Waals surface area contributed by atoms with Crippen molar-refractivity contribution in [1.82, 2.24) is 10.3 Å². The van der Waals surface area contributed by atoms with Gasteiger partial charge in [-0.2, -0.15) is 0 Å². The molecule has 2 N–H and O–H groups in total. The molecule has 0 radical (unpaired) electrons. The van der Waals surface area contributed by atoms with Crippen LogP contribution in [0.15, 0.2) is 84.2 Å². The number of benzene rings is 3. The van der Waals surface area contributed by atoms with E-state index in [4.69, 9.17) is 11.6 Å². The van der Waals surface area contributed by atoms with Crippen molar-refractivity contribution in [2.45, 2.75) is 32.2 Å². The van der Waals surface area contributed by atoms with Crippen molar-refractivity contribution < 1.29 is 9.59 Å². The van der Waals surface area contributed by atoms with E-state index in [9.17, 15) is 9.59 Å². The fourth-order valence-corrected chi connectivity index (χ4v) is 4.73. The highest BCUT2D eigenvalue weighted by Gasteiger charge is 2.21. The molecule has 0 spiro atoms. The number of hydrogen-bond donors (Lipinski definition) is 2. The Morgan fingerprint density at radius 1 is 0.971 bits per heavy atom. The van der Waals surface area contributed by atoms with Crippen LogP contribution >= 0.6 is 22.9 Å². The lowest BCUT2D eigenvalue weighted by molar-refractivity contribution is -0.116. The second kappa shape index (κ2) is 11.8. The summed E-state index contributed by atoms with van der Waals surface area (Å²) in [5, 5.41) is 8.64. The molecule has 4 aromatic rings. The van der Waals surface area contributed by atoms with Crippen molar-refractivity contribution in [1.29, 1.82) is 0 Å². The van der Waals surface area contributed by atoms with E-state index in [1.807, 2.05) is 35.7 Å². The third-order valence-electron chi connectivity index (χ3n) is 5.55. The number of aromatic nitrogens is 1. The van der Waals surface area contributed by atoms with Crippen molar-refractivity contribution in [3.8, 4) is 11.3 Å². The van der Waals surface area contributed by atoms with E-state index < -0.39 is 6.04 Å². The smallest absolute Gasteiger partial charge is 0.253 e. The normalized spacial score (nSPS) is 11.6. The fraction of sp³-hybridized carbons (Fsp3) is 0.179. The Kier molecular flexibility index (Phi) is 8.29. The zero-order valence-electron chi connectivity index (χ0n) is 19.3. The van der Waals surface area contributed by atoms with E-state index in [1.165, 1.54) is 16.9 Å². The van der Waals surface area contributed by atoms with Crippen LogP contribution in [-0.2, 0) is 11.2 Å². The summed E-state index contributed by atoms with van der Waals surface area (Å²) in [4.78, 5) is 30.4. The van der Waals surface area contributed by atoms with E-state index in [1.54, 1.807) is 24.3 Å². The molecule has 178 valence electrons. The van der Waals surface area contributed by atoms with Gasteiger partial charge in [-0.1, -0.05) is 91.7 Å². The number of anilines is 1. The number of thiazole rings is 1. The van der Waals surface area contributed by atoms with E-state index >= 15 is 0 Å². The Morgan fingerprint density at radius 3 is 2.40 bits per heavy atom. The molecule has 0 fully saturated rings. The summed E-state index contributed by atoms with van der Waals surface area (Å²) < 4.78 is 0. The van der Waals surface area contributed by atoms with Gasteiger partial charge in [-0.3, -0.25) is 9.59 Å². The average Bonchev–Trinajstić information content (AvgIpc) is 3.33. The lowest BCUT2D eigenvalue weighted by Gasteiger charge is -2.19. The number of amides is 2. The van der Waals surface area contributed by atoms with Gasteiger partial charge in [0, 0.05) is 10.9 Å². The molecule has 0 bridgehead atoms. The van der Waals surface area contributed by atoms with Crippen LogP contribution in [0.5, 0.6) is 0 Å². The van der Waals surface area contributed by atoms with E-state index in [0.717, 1.165) is 29.7 Å². The second-order valence-electron chi connectivity index (χ2n) is 8.15. The summed E-state index contributed by atoms with van der Waals surface area (Å²) in [7, 11) is 0. The highest BCUT2D eigenvalue weighted by atomic mass is 35.5. The molecule has 4 rings (SSSR count). The van der Waals surface area contributed by atoms with Crippen LogP contribution in [0.1, 0.15) is 47.3 Å². The highest BCUT2D eigenvalue weighted by molar-refractivity contribution is 7.14. The minimum atomic E-state index is -0.523. The summed E-state index contributed by atoms with van der Waals surface area (Å²) in [5.41, 5.74) is 4.32. The fourth-order valence-electron chi connectivity index (χ4n) is 3.77. The first-order chi connectivity index (χ1) is 17.0. The number of nitrogens with one attached hydrogen (secondary N) is 2. The highest BCUT2D eigenvalue weighted by Crippen LogP contribution is 2.26. The molecule has 0 aliphatic carbocycles. The molecule has 3 aromatic carbocycles. The molecule has 7 heteroatoms. The zero-order chi connectivity index (χ0) is 24.6. The minimum Gasteiger partial charge on any atom is -0.345 e. The lowest BCUT2D eigenvalue weighted by Crippen LogP contribution is -2.31. The van der Waals surface area contributed by atoms with Gasteiger partial charge in [-0.25, -0.2) is 4.98 Å². The number of rotatable bonds is 9. The number of carbonyl (C=O) groups is 2. The van der Waals surface area contributed by atoms with Gasteiger partial charge in [0.1, 0.15) is 0 Å². The Bertz CT molecular complexity index is 1290. The maximum atomic E-state index is 12.9. The Balaban J connectivity index is 1.45. The average molecular weight is 504 g/mol. The van der Waals surface area contributed by atoms with Crippen molar-refractivity contribution in [3.63, 3.8) is 0 Å². The van der Waals surface area contributed by atoms with Crippen molar-refractivity contribution in [2.24, 2.45) is 0 Å². The third-order valence-corrected chi connectivity index (χ3v) is 6.64. The van der Waals surface area contributed by atoms with Gasteiger partial charge in [0.2, 0.25) is 5.91 Å². The van der Waals surface area contributed by atoms with Gasteiger partial charge >= 0.3 is 0 Å². The molecular weight excluding hydrogens is 478 g/mol. The topological polar surface area (TPSA) is 71.1 Å². The van der Waals surface area contributed by atoms with Gasteiger partial charge in [-0.15, -0.1) is 11.3 Å². The Morgan fingerprint density at radius 2 is 1.69 bits per heavy atom. The standard InChI is InChI=1S/C28H26ClN3O2S/c1-2-8-19-13-15-21(16-14-19)25-18-35-28(31-25)32-26(33)17-24(20-9-4-3-5-10-20)30-27(34)22-11-6-7-12-23(22)29/h3-7,9-16,18,24H,2,8,17H2,1H3,(H,30,34)(H,31,32,33)/t24-/m0/s1. The van der Waals surface area contributed by atoms with Gasteiger partial charge in [0.15, 0.2) is 5.13 Å². The molecule has 1 heterocycles. The Hall–Kier alpha value is -3.48. The molecule has 0 aliphatic heterocycles. The van der Waals surface area contributed by atoms with E-state index in [0.29, 0.717) is 15.7 Å². The molecule has 0 aliphatic rings. The van der Waals surface area contributed by atoms with Gasteiger partial charge < -0.3 is 10.6 Å². The van der Waals surface area contributed by atoms with Crippen molar-refractivity contribution >= 4 is 39.9 Å². The van der Waals surface area contributed by atoms with Gasteiger partial charge in [0.05, 0.1) is 28.7 Å². The predicted molar refractivity (Wildman–Crippen MR) is 143 cm³/mol. The first kappa shape index (κ1) is 24.6. The molecule has 1 atom stereocenters. The molecule has 1 aromatic heterocycles. The van der Waals surface area contributed by atoms with Crippen LogP contribution in [-0.4, -0.2) is 16.8 Å². The SMILES string of the molecule is CCCc1ccc(-c2csc(NC(=O)C[C@H](NC(=O)c3ccccc3Cl)c3ccccc3)n2)cc1. The lowest BCUT2D eigenvalue weighted by atomic mass is 10.0. The van der Waals surface area contributed by atoms with E-state index in [-0.39, 0.29) is 18.2 Å². The number of carbonyl (C=O) groups excluding carboxylic acids is 2. The van der Waals surface area contributed by atoms with Crippen molar-refractivity contribution in [3.05, 3.63) is 106 Å². The largest absolute Gasteiger partial charge is 0.345 e. The Labute approximate surface area is 214 Å². The van der Waals surface area contributed by atoms with Crippen LogP contribution in [0.3, 0.4) is 0 Å². The van der Waals surface area contributed by atoms with Crippen molar-refractivity contribution in [2.75, 3.05) is 5.32 Å². The molecule has 35 heavy (non-hydrogen) atoms. The maximum Gasteiger partial charge on any atom is 0.253 e. The number of aryl methyl sites for hydroxylation is 1. The van der Waals surface area contributed by atoms with Gasteiger partial charge in [-0.05, 0) is 29.7 Å². The first-order valence-corrected chi connectivity index (χ1v) is 12.7. The molecule has 0 saturated heterocycles. The molecule has 0 saturated carbocycles. The summed E-state index contributed by atoms with van der Waals surface area (Å²) in [5.74, 6) is -0.571. The number of halogens is 1. The van der Waals surface area contributed by atoms with Crippen LogP contribution in [0, 0.1) is 0 Å². The van der Waals surface area contributed by atoms with Gasteiger partial charge in [0.25, 0.3) is 5.91 Å². The van der Waals surface area contributed by atoms with Crippen LogP contribution in [0.2, 0.25) is 5.02 Å². The number of hydrogen-bond acceptors (Lipinski definition) is 4. The molecular formula is C28H26ClN3O2S. The monoisotopic (exact) mass is 503 g/mol. The van der Waals surface area contributed by atoms with Crippen LogP contribution in [0.25, 0.3) is 11.3 Å². The predicted octanol–water partition coefficient (Wildman–Crippen LogP) is 6.92. The third kappa shape index (κ3) is 6.56. The second-order valence-corrected chi connectivity index (χ2v) is 9.42. The quantitative estimate of drug-likeness (QED) is 0.260. The number of nitrogens with zero attached hydrogens (tertiary/aromatic N) is 1. The van der Waals surface area contributed by atoms with Crippen LogP contribution in [0.4, 0.5) is 5.13 Å². The summed E-state index contributed by atoms with van der Waals surface area (Å²) in [6.07, 6.45) is 2.21. The summed E-state index contributed by atoms with van der Waals surface area (Å²) in [6, 6.07) is 24.1. The van der Waals surface area contributed by atoms with E-state index in [2.05, 4.69) is 46.8 Å². The zero-order valence-corrected chi connectivity index (χ0v) is 20.9. The summed E-state index contributed by atoms with van der Waals surface area (Å²) >= 11 is 7.57. The summed E-state index contributed by atoms with van der Waals surface area (Å²) in [6.45, 7) is 2.16.